The molecule has 25 heavy (non-hydrogen) atoms. The highest BCUT2D eigenvalue weighted by Gasteiger charge is 2.57. The van der Waals surface area contributed by atoms with Crippen LogP contribution < -0.4 is 14.4 Å². The molecule has 0 bridgehead atoms. The molecule has 1 heterocycles. The van der Waals surface area contributed by atoms with Crippen molar-refractivity contribution < 1.29 is 14.3 Å². The minimum atomic E-state index is 0.372. The second-order valence-electron chi connectivity index (χ2n) is 7.74. The van der Waals surface area contributed by atoms with E-state index in [-0.39, 0.29) is 0 Å². The molecule has 0 radical (unpaired) electrons. The van der Waals surface area contributed by atoms with Crippen LogP contribution in [0.15, 0.2) is 18.2 Å². The van der Waals surface area contributed by atoms with Crippen molar-refractivity contribution in [2.45, 2.75) is 32.1 Å². The number of ether oxygens (including phenoxy) is 2. The first-order valence-corrected chi connectivity index (χ1v) is 9.40. The van der Waals surface area contributed by atoms with Crippen LogP contribution >= 0.6 is 0 Å². The zero-order valence-corrected chi connectivity index (χ0v) is 15.3. The monoisotopic (exact) mass is 344 g/mol. The lowest BCUT2D eigenvalue weighted by molar-refractivity contribution is -0.132. The van der Waals surface area contributed by atoms with Crippen molar-refractivity contribution in [3.05, 3.63) is 18.2 Å². The lowest BCUT2D eigenvalue weighted by atomic mass is 9.98. The number of amides is 1. The van der Waals surface area contributed by atoms with E-state index in [1.54, 1.807) is 14.2 Å². The summed E-state index contributed by atoms with van der Waals surface area (Å²) in [4.78, 5) is 17.1. The number of nitrogens with zero attached hydrogens (tertiary/aromatic N) is 2. The van der Waals surface area contributed by atoms with Gasteiger partial charge in [0.25, 0.3) is 0 Å². The van der Waals surface area contributed by atoms with Crippen molar-refractivity contribution in [1.29, 1.82) is 0 Å². The highest BCUT2D eigenvalue weighted by atomic mass is 16.5. The fourth-order valence-electron chi connectivity index (χ4n) is 4.80. The predicted molar refractivity (Wildman–Crippen MR) is 97.3 cm³/mol. The zero-order valence-electron chi connectivity index (χ0n) is 15.3. The molecule has 1 aliphatic heterocycles. The number of fused-ring (bicyclic) bond motifs is 1. The predicted octanol–water partition coefficient (Wildman–Crippen LogP) is 2.93. The van der Waals surface area contributed by atoms with Crippen LogP contribution in [0.2, 0.25) is 0 Å². The second kappa shape index (κ2) is 6.43. The third-order valence-electron chi connectivity index (χ3n) is 6.45. The molecule has 4 rings (SSSR count). The first-order chi connectivity index (χ1) is 12.1. The van der Waals surface area contributed by atoms with Gasteiger partial charge in [-0.1, -0.05) is 6.42 Å². The van der Waals surface area contributed by atoms with E-state index in [0.29, 0.717) is 11.3 Å². The summed E-state index contributed by atoms with van der Waals surface area (Å²) in [7, 11) is 3.31. The van der Waals surface area contributed by atoms with Crippen molar-refractivity contribution in [2.75, 3.05) is 45.3 Å². The SMILES string of the molecule is COc1ccc(N2CCN(C(=O)CC34CCCC3C4)CC2)cc1OC. The lowest BCUT2D eigenvalue weighted by Gasteiger charge is -2.37. The smallest absolute Gasteiger partial charge is 0.223 e. The van der Waals surface area contributed by atoms with Crippen LogP contribution in [0.4, 0.5) is 5.69 Å². The quantitative estimate of drug-likeness (QED) is 0.824. The van der Waals surface area contributed by atoms with E-state index >= 15 is 0 Å². The summed E-state index contributed by atoms with van der Waals surface area (Å²) in [5.74, 6) is 2.72. The molecule has 2 unspecified atom stereocenters. The molecule has 0 N–H and O–H groups in total. The van der Waals surface area contributed by atoms with Gasteiger partial charge in [0.2, 0.25) is 5.91 Å². The van der Waals surface area contributed by atoms with Crippen LogP contribution in [0.1, 0.15) is 32.1 Å². The minimum absolute atomic E-state index is 0.372. The van der Waals surface area contributed by atoms with E-state index in [2.05, 4.69) is 15.9 Å². The molecule has 2 aliphatic carbocycles. The van der Waals surface area contributed by atoms with E-state index in [0.717, 1.165) is 55.7 Å². The third-order valence-corrected chi connectivity index (χ3v) is 6.45. The molecule has 5 heteroatoms. The summed E-state index contributed by atoms with van der Waals surface area (Å²) < 4.78 is 10.7. The number of hydrogen-bond donors (Lipinski definition) is 0. The molecule has 5 nitrogen and oxygen atoms in total. The van der Waals surface area contributed by atoms with Crippen LogP contribution in [-0.2, 0) is 4.79 Å². The van der Waals surface area contributed by atoms with Gasteiger partial charge in [-0.2, -0.15) is 0 Å². The van der Waals surface area contributed by atoms with Crippen molar-refractivity contribution in [1.82, 2.24) is 4.90 Å². The maximum Gasteiger partial charge on any atom is 0.223 e. The summed E-state index contributed by atoms with van der Waals surface area (Å²) in [5, 5.41) is 0. The van der Waals surface area contributed by atoms with Gasteiger partial charge in [0.05, 0.1) is 14.2 Å². The van der Waals surface area contributed by atoms with Crippen molar-refractivity contribution in [3.63, 3.8) is 0 Å². The topological polar surface area (TPSA) is 42.0 Å². The molecule has 0 aromatic heterocycles. The van der Waals surface area contributed by atoms with E-state index in [1.165, 1.54) is 25.7 Å². The van der Waals surface area contributed by atoms with Crippen LogP contribution in [-0.4, -0.2) is 51.2 Å². The molecular formula is C20H28N2O3. The highest BCUT2D eigenvalue weighted by Crippen LogP contribution is 2.65. The minimum Gasteiger partial charge on any atom is -0.493 e. The van der Waals surface area contributed by atoms with E-state index < -0.39 is 0 Å². The fourth-order valence-corrected chi connectivity index (χ4v) is 4.80. The van der Waals surface area contributed by atoms with Crippen LogP contribution in [0.3, 0.4) is 0 Å². The van der Waals surface area contributed by atoms with E-state index in [9.17, 15) is 4.79 Å². The number of anilines is 1. The Bertz CT molecular complexity index is 654. The Hall–Kier alpha value is -1.91. The third kappa shape index (κ3) is 3.05. The van der Waals surface area contributed by atoms with Crippen molar-refractivity contribution in [3.8, 4) is 11.5 Å². The maximum atomic E-state index is 12.7. The van der Waals surface area contributed by atoms with Crippen LogP contribution in [0, 0.1) is 11.3 Å². The average molecular weight is 344 g/mol. The number of piperazine rings is 1. The number of rotatable bonds is 5. The molecule has 1 aromatic carbocycles. The number of methoxy groups -OCH3 is 2. The maximum absolute atomic E-state index is 12.7. The van der Waals surface area contributed by atoms with Gasteiger partial charge < -0.3 is 19.3 Å². The van der Waals surface area contributed by atoms with Gasteiger partial charge in [0.15, 0.2) is 11.5 Å². The molecule has 0 spiro atoms. The number of benzene rings is 1. The Morgan fingerprint density at radius 1 is 1.16 bits per heavy atom. The van der Waals surface area contributed by atoms with Crippen LogP contribution in [0.25, 0.3) is 0 Å². The average Bonchev–Trinajstić information content (AvgIpc) is 3.19. The standard InChI is InChI=1S/C20H28N2O3/c1-24-17-6-5-16(12-18(17)25-2)21-8-10-22(11-9-21)19(23)14-20-7-3-4-15(20)13-20/h5-6,12,15H,3-4,7-11,13-14H2,1-2H3. The molecular weight excluding hydrogens is 316 g/mol. The molecule has 3 aliphatic rings. The Kier molecular flexibility index (Phi) is 4.26. The highest BCUT2D eigenvalue weighted by molar-refractivity contribution is 5.78. The summed E-state index contributed by atoms with van der Waals surface area (Å²) in [6.07, 6.45) is 6.03. The summed E-state index contributed by atoms with van der Waals surface area (Å²) >= 11 is 0. The summed E-state index contributed by atoms with van der Waals surface area (Å²) in [6, 6.07) is 6.02. The second-order valence-corrected chi connectivity index (χ2v) is 7.74. The zero-order chi connectivity index (χ0) is 17.4. The number of hydrogen-bond acceptors (Lipinski definition) is 4. The molecule has 1 aromatic rings. The van der Waals surface area contributed by atoms with Crippen molar-refractivity contribution >= 4 is 11.6 Å². The summed E-state index contributed by atoms with van der Waals surface area (Å²) in [5.41, 5.74) is 1.53. The van der Waals surface area contributed by atoms with Crippen molar-refractivity contribution in [2.24, 2.45) is 11.3 Å². The molecule has 2 saturated carbocycles. The normalized spacial score (nSPS) is 27.8. The number of carbonyl (C=O) groups excluding carboxylic acids is 1. The van der Waals surface area contributed by atoms with E-state index in [4.69, 9.17) is 9.47 Å². The molecule has 136 valence electrons. The Balaban J connectivity index is 1.34. The largest absolute Gasteiger partial charge is 0.493 e. The first-order valence-electron chi connectivity index (χ1n) is 9.40. The van der Waals surface area contributed by atoms with Gasteiger partial charge in [0.1, 0.15) is 0 Å². The van der Waals surface area contributed by atoms with Gasteiger partial charge in [-0.05, 0) is 42.7 Å². The lowest BCUT2D eigenvalue weighted by Crippen LogP contribution is -2.49. The summed E-state index contributed by atoms with van der Waals surface area (Å²) in [6.45, 7) is 3.37. The van der Waals surface area contributed by atoms with Gasteiger partial charge >= 0.3 is 0 Å². The Morgan fingerprint density at radius 2 is 1.92 bits per heavy atom. The van der Waals surface area contributed by atoms with Gasteiger partial charge in [-0.15, -0.1) is 0 Å². The number of carbonyl (C=O) groups is 1. The molecule has 2 atom stereocenters. The molecule has 1 amide bonds. The van der Waals surface area contributed by atoms with Gasteiger partial charge in [-0.25, -0.2) is 0 Å². The molecule has 3 fully saturated rings. The fraction of sp³-hybridized carbons (Fsp3) is 0.650. The van der Waals surface area contributed by atoms with E-state index in [1.807, 2.05) is 12.1 Å². The van der Waals surface area contributed by atoms with Gasteiger partial charge in [-0.3, -0.25) is 4.79 Å². The Labute approximate surface area is 149 Å². The first kappa shape index (κ1) is 16.6. The van der Waals surface area contributed by atoms with Gasteiger partial charge in [0, 0.05) is 44.4 Å². The van der Waals surface area contributed by atoms with Crippen LogP contribution in [0.5, 0.6) is 11.5 Å². The molecule has 1 saturated heterocycles. The Morgan fingerprint density at radius 3 is 2.52 bits per heavy atom.